The molecule has 106 valence electrons. The molecule has 1 aliphatic rings. The number of para-hydroxylation sites is 1. The van der Waals surface area contributed by atoms with E-state index in [2.05, 4.69) is 17.9 Å². The summed E-state index contributed by atoms with van der Waals surface area (Å²) in [5.74, 6) is 1.79. The molecular formula is C16H26N2O. The first-order chi connectivity index (χ1) is 9.24. The second-order valence-corrected chi connectivity index (χ2v) is 5.50. The van der Waals surface area contributed by atoms with E-state index >= 15 is 0 Å². The first-order valence-electron chi connectivity index (χ1n) is 7.35. The van der Waals surface area contributed by atoms with Gasteiger partial charge in [0.1, 0.15) is 5.75 Å². The van der Waals surface area contributed by atoms with Crippen molar-refractivity contribution in [1.82, 2.24) is 4.90 Å². The number of ether oxygens (including phenoxy) is 1. The molecule has 1 aromatic carbocycles. The lowest BCUT2D eigenvalue weighted by molar-refractivity contribution is 0.176. The minimum atomic E-state index is 0.0242. The van der Waals surface area contributed by atoms with E-state index in [0.29, 0.717) is 0 Å². The van der Waals surface area contributed by atoms with Gasteiger partial charge in [-0.2, -0.15) is 0 Å². The summed E-state index contributed by atoms with van der Waals surface area (Å²) < 4.78 is 5.40. The lowest BCUT2D eigenvalue weighted by atomic mass is 9.85. The van der Waals surface area contributed by atoms with Gasteiger partial charge in [-0.25, -0.2) is 0 Å². The van der Waals surface area contributed by atoms with Gasteiger partial charge in [0, 0.05) is 24.7 Å². The van der Waals surface area contributed by atoms with Gasteiger partial charge in [0.25, 0.3) is 0 Å². The second kappa shape index (κ2) is 6.92. The summed E-state index contributed by atoms with van der Waals surface area (Å²) in [6.07, 6.45) is 4.18. The predicted molar refractivity (Wildman–Crippen MR) is 79.4 cm³/mol. The fraction of sp³-hybridized carbons (Fsp3) is 0.625. The van der Waals surface area contributed by atoms with Crippen LogP contribution >= 0.6 is 0 Å². The highest BCUT2D eigenvalue weighted by molar-refractivity contribution is 5.35. The van der Waals surface area contributed by atoms with Crippen molar-refractivity contribution >= 4 is 0 Å². The highest BCUT2D eigenvalue weighted by Crippen LogP contribution is 2.28. The van der Waals surface area contributed by atoms with E-state index in [0.717, 1.165) is 30.3 Å². The first-order valence-corrected chi connectivity index (χ1v) is 7.35. The Balaban J connectivity index is 1.95. The quantitative estimate of drug-likeness (QED) is 0.821. The molecule has 0 spiro atoms. The molecule has 1 atom stereocenters. The van der Waals surface area contributed by atoms with Crippen molar-refractivity contribution in [2.45, 2.75) is 32.2 Å². The molecule has 2 N–H and O–H groups in total. The van der Waals surface area contributed by atoms with E-state index in [-0.39, 0.29) is 6.04 Å². The topological polar surface area (TPSA) is 38.5 Å². The number of rotatable bonds is 7. The van der Waals surface area contributed by atoms with Crippen LogP contribution in [0.1, 0.15) is 37.8 Å². The third-order valence-electron chi connectivity index (χ3n) is 4.18. The Labute approximate surface area is 116 Å². The number of hydrogen-bond donors (Lipinski definition) is 1. The maximum atomic E-state index is 6.36. The van der Waals surface area contributed by atoms with Crippen LogP contribution in [0.15, 0.2) is 24.3 Å². The normalized spacial score (nSPS) is 17.3. The summed E-state index contributed by atoms with van der Waals surface area (Å²) in [7, 11) is 1.71. The fourth-order valence-corrected chi connectivity index (χ4v) is 2.72. The second-order valence-electron chi connectivity index (χ2n) is 5.50. The number of nitrogens with two attached hydrogens (primary N) is 1. The maximum Gasteiger partial charge on any atom is 0.123 e. The lowest BCUT2D eigenvalue weighted by Gasteiger charge is -2.33. The van der Waals surface area contributed by atoms with Gasteiger partial charge >= 0.3 is 0 Å². The van der Waals surface area contributed by atoms with Crippen LogP contribution < -0.4 is 10.5 Å². The lowest BCUT2D eigenvalue weighted by Crippen LogP contribution is -2.37. The van der Waals surface area contributed by atoms with Gasteiger partial charge in [-0.05, 0) is 31.4 Å². The number of likely N-dealkylation sites (N-methyl/N-ethyl adjacent to an activating group) is 1. The molecule has 2 rings (SSSR count). The maximum absolute atomic E-state index is 6.36. The number of nitrogens with zero attached hydrogens (tertiary/aromatic N) is 1. The van der Waals surface area contributed by atoms with E-state index < -0.39 is 0 Å². The Morgan fingerprint density at radius 3 is 2.68 bits per heavy atom. The van der Waals surface area contributed by atoms with Gasteiger partial charge in [0.2, 0.25) is 0 Å². The number of methoxy groups -OCH3 is 1. The van der Waals surface area contributed by atoms with Crippen molar-refractivity contribution in [3.8, 4) is 5.75 Å². The molecule has 1 fully saturated rings. The van der Waals surface area contributed by atoms with E-state index in [4.69, 9.17) is 10.5 Å². The van der Waals surface area contributed by atoms with Crippen LogP contribution in [0.3, 0.4) is 0 Å². The smallest absolute Gasteiger partial charge is 0.123 e. The molecule has 0 amide bonds. The molecule has 0 heterocycles. The average molecular weight is 262 g/mol. The highest BCUT2D eigenvalue weighted by Gasteiger charge is 2.22. The van der Waals surface area contributed by atoms with Gasteiger partial charge in [-0.1, -0.05) is 31.5 Å². The summed E-state index contributed by atoms with van der Waals surface area (Å²) >= 11 is 0. The standard InChI is InChI=1S/C16H26N2O/c1-3-18(11-13-7-6-8-13)12-15(17)14-9-4-5-10-16(14)19-2/h4-5,9-10,13,15H,3,6-8,11-12,17H2,1-2H3. The van der Waals surface area contributed by atoms with E-state index in [1.807, 2.05) is 18.2 Å². The number of benzene rings is 1. The molecule has 19 heavy (non-hydrogen) atoms. The Kier molecular flexibility index (Phi) is 5.23. The molecule has 3 heteroatoms. The molecule has 1 aromatic rings. The van der Waals surface area contributed by atoms with Crippen LogP contribution in [0.5, 0.6) is 5.75 Å². The van der Waals surface area contributed by atoms with E-state index in [1.54, 1.807) is 7.11 Å². The monoisotopic (exact) mass is 262 g/mol. The molecule has 0 saturated heterocycles. The zero-order valence-corrected chi connectivity index (χ0v) is 12.1. The fourth-order valence-electron chi connectivity index (χ4n) is 2.72. The highest BCUT2D eigenvalue weighted by atomic mass is 16.5. The molecule has 3 nitrogen and oxygen atoms in total. The van der Waals surface area contributed by atoms with Gasteiger partial charge < -0.3 is 15.4 Å². The van der Waals surface area contributed by atoms with Crippen LogP contribution in [-0.4, -0.2) is 31.6 Å². The third-order valence-corrected chi connectivity index (χ3v) is 4.18. The minimum absolute atomic E-state index is 0.0242. The first kappa shape index (κ1) is 14.4. The van der Waals surface area contributed by atoms with Crippen molar-refractivity contribution in [1.29, 1.82) is 0 Å². The van der Waals surface area contributed by atoms with Gasteiger partial charge in [-0.3, -0.25) is 0 Å². The summed E-state index contributed by atoms with van der Waals surface area (Å²) in [4.78, 5) is 2.47. The summed E-state index contributed by atoms with van der Waals surface area (Å²) in [6, 6.07) is 8.09. The Bertz CT molecular complexity index is 390. The van der Waals surface area contributed by atoms with Crippen molar-refractivity contribution in [3.63, 3.8) is 0 Å². The van der Waals surface area contributed by atoms with E-state index in [9.17, 15) is 0 Å². The average Bonchev–Trinajstić information content (AvgIpc) is 2.41. The van der Waals surface area contributed by atoms with Crippen LogP contribution in [0.4, 0.5) is 0 Å². The molecule has 1 unspecified atom stereocenters. The predicted octanol–water partition coefficient (Wildman–Crippen LogP) is 2.82. The Hall–Kier alpha value is -1.06. The number of hydrogen-bond acceptors (Lipinski definition) is 3. The molecule has 1 aliphatic carbocycles. The molecule has 0 aromatic heterocycles. The largest absolute Gasteiger partial charge is 0.496 e. The molecular weight excluding hydrogens is 236 g/mol. The van der Waals surface area contributed by atoms with Gasteiger partial charge in [0.05, 0.1) is 7.11 Å². The van der Waals surface area contributed by atoms with Gasteiger partial charge in [-0.15, -0.1) is 0 Å². The Morgan fingerprint density at radius 2 is 2.11 bits per heavy atom. The van der Waals surface area contributed by atoms with Crippen molar-refractivity contribution in [2.75, 3.05) is 26.7 Å². The van der Waals surface area contributed by atoms with Crippen LogP contribution in [-0.2, 0) is 0 Å². The summed E-state index contributed by atoms with van der Waals surface area (Å²) in [5.41, 5.74) is 7.47. The molecule has 0 aliphatic heterocycles. The SMILES string of the molecule is CCN(CC1CCC1)CC(N)c1ccccc1OC. The van der Waals surface area contributed by atoms with Crippen molar-refractivity contribution < 1.29 is 4.74 Å². The molecule has 0 bridgehead atoms. The minimum Gasteiger partial charge on any atom is -0.496 e. The van der Waals surface area contributed by atoms with Crippen LogP contribution in [0.2, 0.25) is 0 Å². The van der Waals surface area contributed by atoms with E-state index in [1.165, 1.54) is 25.8 Å². The summed E-state index contributed by atoms with van der Waals surface area (Å²) in [5, 5.41) is 0. The summed E-state index contributed by atoms with van der Waals surface area (Å²) in [6.45, 7) is 5.39. The van der Waals surface area contributed by atoms with Crippen LogP contribution in [0.25, 0.3) is 0 Å². The Morgan fingerprint density at radius 1 is 1.37 bits per heavy atom. The zero-order valence-electron chi connectivity index (χ0n) is 12.1. The third kappa shape index (κ3) is 3.71. The molecule has 1 saturated carbocycles. The van der Waals surface area contributed by atoms with Crippen molar-refractivity contribution in [3.05, 3.63) is 29.8 Å². The van der Waals surface area contributed by atoms with Gasteiger partial charge in [0.15, 0.2) is 0 Å². The van der Waals surface area contributed by atoms with Crippen molar-refractivity contribution in [2.24, 2.45) is 11.7 Å². The zero-order chi connectivity index (χ0) is 13.7. The van der Waals surface area contributed by atoms with Crippen LogP contribution in [0, 0.1) is 5.92 Å². The molecule has 0 radical (unpaired) electrons.